The van der Waals surface area contributed by atoms with E-state index in [-0.39, 0.29) is 24.6 Å². The zero-order valence-corrected chi connectivity index (χ0v) is 19.6. The van der Waals surface area contributed by atoms with Crippen molar-refractivity contribution in [2.24, 2.45) is 0 Å². The van der Waals surface area contributed by atoms with E-state index < -0.39 is 4.92 Å². The minimum atomic E-state index is -0.442. The summed E-state index contributed by atoms with van der Waals surface area (Å²) in [6, 6.07) is 15.5. The van der Waals surface area contributed by atoms with Crippen LogP contribution in [-0.2, 0) is 17.1 Å². The smallest absolute Gasteiger partial charge is 0.270 e. The number of aromatic nitrogens is 2. The molecule has 10 heteroatoms. The van der Waals surface area contributed by atoms with Gasteiger partial charge in [-0.25, -0.2) is 4.98 Å². The van der Waals surface area contributed by atoms with Gasteiger partial charge in [-0.05, 0) is 36.8 Å². The monoisotopic (exact) mass is 495 g/mol. The molecule has 34 heavy (non-hydrogen) atoms. The minimum absolute atomic E-state index is 0.0435. The van der Waals surface area contributed by atoms with Crippen molar-refractivity contribution < 1.29 is 14.4 Å². The first-order valence-electron chi connectivity index (χ1n) is 10.3. The number of non-ortho nitro benzene ring substituents is 1. The van der Waals surface area contributed by atoms with Crippen LogP contribution in [-0.4, -0.2) is 21.3 Å². The highest BCUT2D eigenvalue weighted by Crippen LogP contribution is 2.36. The molecule has 5 rings (SSSR count). The van der Waals surface area contributed by atoms with Crippen molar-refractivity contribution in [3.63, 3.8) is 0 Å². The van der Waals surface area contributed by atoms with Crippen molar-refractivity contribution in [2.75, 3.05) is 6.79 Å². The molecule has 8 nitrogen and oxygen atoms in total. The predicted molar refractivity (Wildman–Crippen MR) is 130 cm³/mol. The summed E-state index contributed by atoms with van der Waals surface area (Å²) < 4.78 is 12.5. The molecule has 2 heterocycles. The van der Waals surface area contributed by atoms with E-state index in [4.69, 9.17) is 26.1 Å². The van der Waals surface area contributed by atoms with Crippen molar-refractivity contribution in [3.8, 4) is 11.4 Å². The Bertz CT molecular complexity index is 1500. The Morgan fingerprint density at radius 2 is 2.03 bits per heavy atom. The van der Waals surface area contributed by atoms with E-state index >= 15 is 0 Å². The van der Waals surface area contributed by atoms with E-state index in [1.54, 1.807) is 34.9 Å². The van der Waals surface area contributed by atoms with Crippen molar-refractivity contribution in [1.82, 2.24) is 9.55 Å². The van der Waals surface area contributed by atoms with Gasteiger partial charge in [-0.1, -0.05) is 41.6 Å². The maximum absolute atomic E-state index is 13.5. The van der Waals surface area contributed by atoms with Crippen molar-refractivity contribution in [2.45, 2.75) is 24.4 Å². The lowest BCUT2D eigenvalue weighted by Gasteiger charge is -2.21. The summed E-state index contributed by atoms with van der Waals surface area (Å²) in [5.74, 6) is 0.868. The Balaban J connectivity index is 1.64. The second-order valence-electron chi connectivity index (χ2n) is 7.69. The Morgan fingerprint density at radius 1 is 1.21 bits per heavy atom. The lowest BCUT2D eigenvalue weighted by molar-refractivity contribution is -0.385. The fourth-order valence-corrected chi connectivity index (χ4v) is 5.04. The van der Waals surface area contributed by atoms with Gasteiger partial charge in [0.2, 0.25) is 0 Å². The summed E-state index contributed by atoms with van der Waals surface area (Å²) >= 11 is 7.65. The van der Waals surface area contributed by atoms with Crippen LogP contribution >= 0.6 is 23.4 Å². The number of halogens is 1. The Kier molecular flexibility index (Phi) is 5.99. The molecule has 0 spiro atoms. The Hall–Kier alpha value is -3.40. The summed E-state index contributed by atoms with van der Waals surface area (Å²) in [6.45, 7) is 2.15. The molecule has 0 N–H and O–H groups in total. The van der Waals surface area contributed by atoms with Gasteiger partial charge in [0.15, 0.2) is 11.9 Å². The summed E-state index contributed by atoms with van der Waals surface area (Å²) in [4.78, 5) is 29.3. The van der Waals surface area contributed by atoms with Crippen molar-refractivity contribution in [1.29, 1.82) is 0 Å². The van der Waals surface area contributed by atoms with Gasteiger partial charge in [0, 0.05) is 34.0 Å². The number of hydrogen-bond donors (Lipinski definition) is 0. The van der Waals surface area contributed by atoms with E-state index in [2.05, 4.69) is 0 Å². The number of nitro benzene ring substituents is 1. The number of nitrogens with zero attached hydrogens (tertiary/aromatic N) is 3. The molecule has 0 radical (unpaired) electrons. The summed E-state index contributed by atoms with van der Waals surface area (Å²) in [5.41, 5.74) is 2.93. The normalized spacial score (nSPS) is 12.9. The zero-order chi connectivity index (χ0) is 23.8. The summed E-state index contributed by atoms with van der Waals surface area (Å²) in [5, 5.41) is 12.9. The van der Waals surface area contributed by atoms with Gasteiger partial charge in [0.25, 0.3) is 11.2 Å². The second-order valence-corrected chi connectivity index (χ2v) is 9.04. The van der Waals surface area contributed by atoms with Crippen LogP contribution in [0.25, 0.3) is 16.6 Å². The van der Waals surface area contributed by atoms with Crippen molar-refractivity contribution >= 4 is 40.0 Å². The molecule has 1 aliphatic heterocycles. The number of hydrogen-bond acceptors (Lipinski definition) is 7. The van der Waals surface area contributed by atoms with Gasteiger partial charge in [-0.2, -0.15) is 0 Å². The minimum Gasteiger partial charge on any atom is -0.467 e. The number of nitro groups is 1. The molecule has 0 bridgehead atoms. The largest absolute Gasteiger partial charge is 0.467 e. The van der Waals surface area contributed by atoms with Crippen LogP contribution in [0.3, 0.4) is 0 Å². The molecular formula is C24H18ClN3O5S. The second kappa shape index (κ2) is 9.09. The highest BCUT2D eigenvalue weighted by atomic mass is 35.5. The third-order valence-electron chi connectivity index (χ3n) is 5.56. The highest BCUT2D eigenvalue weighted by molar-refractivity contribution is 7.98. The highest BCUT2D eigenvalue weighted by Gasteiger charge is 2.22. The Labute approximate surface area is 203 Å². The molecule has 0 unspecified atom stereocenters. The van der Waals surface area contributed by atoms with Crippen LogP contribution in [0.5, 0.6) is 5.75 Å². The van der Waals surface area contributed by atoms with E-state index in [1.165, 1.54) is 23.9 Å². The molecule has 0 fully saturated rings. The van der Waals surface area contributed by atoms with Crippen LogP contribution in [0.1, 0.15) is 16.7 Å². The standard InChI is InChI=1S/C24H18ClN3O5S/c1-14-19(25)6-4-8-21(14)27-23(29)18-5-2-3-7-20(18)26-24(27)34-12-16-10-17(28(30)31)9-15-11-32-13-33-22(15)16/h2-10H,11-13H2,1H3. The van der Waals surface area contributed by atoms with Crippen LogP contribution in [0, 0.1) is 17.0 Å². The summed E-state index contributed by atoms with van der Waals surface area (Å²) in [7, 11) is 0. The van der Waals surface area contributed by atoms with Crippen LogP contribution in [0.2, 0.25) is 5.02 Å². The zero-order valence-electron chi connectivity index (χ0n) is 18.0. The molecular weight excluding hydrogens is 478 g/mol. The molecule has 0 aliphatic carbocycles. The molecule has 1 aliphatic rings. The lowest BCUT2D eigenvalue weighted by atomic mass is 10.1. The topological polar surface area (TPSA) is 96.5 Å². The Morgan fingerprint density at radius 3 is 2.85 bits per heavy atom. The van der Waals surface area contributed by atoms with Crippen LogP contribution < -0.4 is 10.3 Å². The fourth-order valence-electron chi connectivity index (χ4n) is 3.90. The number of ether oxygens (including phenoxy) is 2. The van der Waals surface area contributed by atoms with Gasteiger partial charge in [-0.15, -0.1) is 0 Å². The van der Waals surface area contributed by atoms with Crippen LogP contribution in [0.15, 0.2) is 64.5 Å². The summed E-state index contributed by atoms with van der Waals surface area (Å²) in [6.07, 6.45) is 0. The average molecular weight is 496 g/mol. The maximum Gasteiger partial charge on any atom is 0.270 e. The van der Waals surface area contributed by atoms with Crippen LogP contribution in [0.4, 0.5) is 5.69 Å². The maximum atomic E-state index is 13.5. The third kappa shape index (κ3) is 4.02. The van der Waals surface area contributed by atoms with Gasteiger partial charge in [0.05, 0.1) is 28.1 Å². The first-order valence-corrected chi connectivity index (χ1v) is 11.7. The van der Waals surface area contributed by atoms with E-state index in [0.29, 0.717) is 49.4 Å². The van der Waals surface area contributed by atoms with E-state index in [0.717, 1.165) is 5.56 Å². The van der Waals surface area contributed by atoms with Gasteiger partial charge >= 0.3 is 0 Å². The molecule has 0 atom stereocenters. The lowest BCUT2D eigenvalue weighted by Crippen LogP contribution is -2.22. The van der Waals surface area contributed by atoms with Gasteiger partial charge < -0.3 is 9.47 Å². The van der Waals surface area contributed by atoms with Gasteiger partial charge in [0.1, 0.15) is 5.75 Å². The predicted octanol–water partition coefficient (Wildman–Crippen LogP) is 5.41. The molecule has 172 valence electrons. The molecule has 0 saturated carbocycles. The fraction of sp³-hybridized carbons (Fsp3) is 0.167. The van der Waals surface area contributed by atoms with E-state index in [9.17, 15) is 14.9 Å². The third-order valence-corrected chi connectivity index (χ3v) is 6.96. The first-order chi connectivity index (χ1) is 16.4. The van der Waals surface area contributed by atoms with E-state index in [1.807, 2.05) is 19.1 Å². The molecule has 4 aromatic rings. The molecule has 1 aromatic heterocycles. The SMILES string of the molecule is Cc1c(Cl)cccc1-n1c(SCc2cc([N+](=O)[O-])cc3c2OCOC3)nc2ccccc2c1=O. The molecule has 0 saturated heterocycles. The molecule has 0 amide bonds. The van der Waals surface area contributed by atoms with Crippen molar-refractivity contribution in [3.05, 3.63) is 96.8 Å². The van der Waals surface area contributed by atoms with Gasteiger partial charge in [-0.3, -0.25) is 19.5 Å². The number of benzene rings is 3. The molecule has 3 aromatic carbocycles. The number of thioether (sulfide) groups is 1. The quantitative estimate of drug-likeness (QED) is 0.158. The first kappa shape index (κ1) is 22.4. The average Bonchev–Trinajstić information content (AvgIpc) is 2.84. The number of para-hydroxylation sites is 1. The number of rotatable bonds is 5. The number of fused-ring (bicyclic) bond motifs is 2.